The van der Waals surface area contributed by atoms with E-state index in [0.717, 1.165) is 5.56 Å². The fourth-order valence-corrected chi connectivity index (χ4v) is 3.27. The quantitative estimate of drug-likeness (QED) is 0.696. The highest BCUT2D eigenvalue weighted by molar-refractivity contribution is 7.89. The first-order chi connectivity index (χ1) is 9.95. The van der Waals surface area contributed by atoms with Gasteiger partial charge in [-0.1, -0.05) is 30.3 Å². The molecule has 22 heavy (non-hydrogen) atoms. The van der Waals surface area contributed by atoms with Gasteiger partial charge in [0.25, 0.3) is 0 Å². The summed E-state index contributed by atoms with van der Waals surface area (Å²) in [5.74, 6) is -0.0000301. The van der Waals surface area contributed by atoms with Crippen LogP contribution in [-0.2, 0) is 21.2 Å². The van der Waals surface area contributed by atoms with Gasteiger partial charge in [-0.2, -0.15) is 0 Å². The van der Waals surface area contributed by atoms with E-state index in [-0.39, 0.29) is 30.9 Å². The first-order valence-electron chi connectivity index (χ1n) is 7.29. The molecule has 1 aromatic rings. The van der Waals surface area contributed by atoms with Crippen LogP contribution >= 0.6 is 12.4 Å². The first-order valence-corrected chi connectivity index (χ1v) is 8.90. The van der Waals surface area contributed by atoms with Crippen LogP contribution in [0.15, 0.2) is 30.3 Å². The Kier molecular flexibility index (Phi) is 10.6. The minimum absolute atomic E-state index is 0. The first kappa shape index (κ1) is 21.3. The second kappa shape index (κ2) is 11.0. The maximum Gasteiger partial charge on any atom is 0.216 e. The molecular formula is C15H27ClN2O3S. The Labute approximate surface area is 140 Å². The summed E-state index contributed by atoms with van der Waals surface area (Å²) in [6, 6.07) is 9.84. The van der Waals surface area contributed by atoms with Crippen LogP contribution in [0, 0.1) is 0 Å². The lowest BCUT2D eigenvalue weighted by molar-refractivity contribution is 0.0907. The van der Waals surface area contributed by atoms with E-state index in [1.165, 1.54) is 4.31 Å². The van der Waals surface area contributed by atoms with Crippen molar-refractivity contribution in [1.29, 1.82) is 0 Å². The fourth-order valence-electron chi connectivity index (χ4n) is 1.95. The van der Waals surface area contributed by atoms with Crippen LogP contribution in [0.3, 0.4) is 0 Å². The van der Waals surface area contributed by atoms with E-state index in [2.05, 4.69) is 0 Å². The van der Waals surface area contributed by atoms with Gasteiger partial charge in [-0.3, -0.25) is 0 Å². The van der Waals surface area contributed by atoms with Gasteiger partial charge < -0.3 is 10.5 Å². The molecular weight excluding hydrogens is 324 g/mol. The molecule has 0 aromatic heterocycles. The molecule has 0 aliphatic heterocycles. The minimum Gasteiger partial charge on any atom is -0.378 e. The topological polar surface area (TPSA) is 72.6 Å². The lowest BCUT2D eigenvalue weighted by Gasteiger charge is -2.22. The predicted octanol–water partition coefficient (Wildman–Crippen LogP) is 1.67. The van der Waals surface area contributed by atoms with E-state index in [9.17, 15) is 8.42 Å². The molecule has 5 nitrogen and oxygen atoms in total. The highest BCUT2D eigenvalue weighted by Crippen LogP contribution is 2.06. The molecule has 0 radical (unpaired) electrons. The standard InChI is InChI=1S/C15H26N2O3S.ClH/c1-14(2)20-12-13-21(18,19)17(11-9-16)10-8-15-6-4-3-5-7-15;/h3-7,14H,8-13,16H2,1-2H3;1H. The smallest absolute Gasteiger partial charge is 0.216 e. The van der Waals surface area contributed by atoms with Crippen LogP contribution in [0.25, 0.3) is 0 Å². The van der Waals surface area contributed by atoms with Crippen LogP contribution in [0.1, 0.15) is 19.4 Å². The Morgan fingerprint density at radius 1 is 1.18 bits per heavy atom. The molecule has 0 aliphatic rings. The maximum atomic E-state index is 12.3. The Morgan fingerprint density at radius 3 is 2.36 bits per heavy atom. The second-order valence-electron chi connectivity index (χ2n) is 5.16. The van der Waals surface area contributed by atoms with Crippen LogP contribution in [0.4, 0.5) is 0 Å². The van der Waals surface area contributed by atoms with Gasteiger partial charge in [-0.05, 0) is 25.8 Å². The van der Waals surface area contributed by atoms with E-state index in [1.54, 1.807) is 0 Å². The van der Waals surface area contributed by atoms with Crippen molar-refractivity contribution < 1.29 is 13.2 Å². The number of nitrogens with zero attached hydrogens (tertiary/aromatic N) is 1. The molecule has 2 N–H and O–H groups in total. The van der Waals surface area contributed by atoms with Crippen molar-refractivity contribution in [2.24, 2.45) is 5.73 Å². The number of hydrogen-bond acceptors (Lipinski definition) is 4. The third kappa shape index (κ3) is 8.10. The predicted molar refractivity (Wildman–Crippen MR) is 92.9 cm³/mol. The molecule has 7 heteroatoms. The molecule has 0 spiro atoms. The van der Waals surface area contributed by atoms with Gasteiger partial charge in [0, 0.05) is 19.6 Å². The fraction of sp³-hybridized carbons (Fsp3) is 0.600. The van der Waals surface area contributed by atoms with Crippen molar-refractivity contribution in [2.45, 2.75) is 26.4 Å². The Bertz CT molecular complexity index is 495. The Hall–Kier alpha value is -0.660. The van der Waals surface area contributed by atoms with Gasteiger partial charge in [0.2, 0.25) is 10.0 Å². The highest BCUT2D eigenvalue weighted by atomic mass is 35.5. The number of benzene rings is 1. The lowest BCUT2D eigenvalue weighted by atomic mass is 10.1. The molecule has 0 amide bonds. The normalized spacial score (nSPS) is 11.7. The lowest BCUT2D eigenvalue weighted by Crippen LogP contribution is -2.39. The molecule has 0 bridgehead atoms. The molecule has 0 atom stereocenters. The monoisotopic (exact) mass is 350 g/mol. The van der Waals surface area contributed by atoms with Crippen LogP contribution in [-0.4, -0.2) is 50.8 Å². The summed E-state index contributed by atoms with van der Waals surface area (Å²) in [4.78, 5) is 0. The highest BCUT2D eigenvalue weighted by Gasteiger charge is 2.21. The van der Waals surface area contributed by atoms with Gasteiger partial charge in [-0.15, -0.1) is 12.4 Å². The average molecular weight is 351 g/mol. The number of hydrogen-bond donors (Lipinski definition) is 1. The molecule has 0 aliphatic carbocycles. The summed E-state index contributed by atoms with van der Waals surface area (Å²) in [6.07, 6.45) is 0.720. The molecule has 0 saturated carbocycles. The van der Waals surface area contributed by atoms with E-state index >= 15 is 0 Å². The Balaban J connectivity index is 0.00000441. The SMILES string of the molecule is CC(C)OCCS(=O)(=O)N(CCN)CCc1ccccc1.Cl. The summed E-state index contributed by atoms with van der Waals surface area (Å²) in [5, 5.41) is 0. The number of sulfonamides is 1. The summed E-state index contributed by atoms with van der Waals surface area (Å²) >= 11 is 0. The molecule has 1 aromatic carbocycles. The summed E-state index contributed by atoms with van der Waals surface area (Å²) < 4.78 is 31.4. The van der Waals surface area contributed by atoms with Gasteiger partial charge in [-0.25, -0.2) is 12.7 Å². The van der Waals surface area contributed by atoms with Crippen molar-refractivity contribution in [3.05, 3.63) is 35.9 Å². The van der Waals surface area contributed by atoms with Gasteiger partial charge >= 0.3 is 0 Å². The van der Waals surface area contributed by atoms with E-state index < -0.39 is 10.0 Å². The summed E-state index contributed by atoms with van der Waals surface area (Å²) in [5.41, 5.74) is 6.65. The van der Waals surface area contributed by atoms with Crippen molar-refractivity contribution in [1.82, 2.24) is 4.31 Å². The summed E-state index contributed by atoms with van der Waals surface area (Å²) in [7, 11) is -3.32. The van der Waals surface area contributed by atoms with Crippen molar-refractivity contribution in [3.8, 4) is 0 Å². The zero-order valence-electron chi connectivity index (χ0n) is 13.3. The van der Waals surface area contributed by atoms with Gasteiger partial charge in [0.05, 0.1) is 18.5 Å². The Morgan fingerprint density at radius 2 is 1.82 bits per heavy atom. The molecule has 0 heterocycles. The molecule has 0 unspecified atom stereocenters. The van der Waals surface area contributed by atoms with Gasteiger partial charge in [0.15, 0.2) is 0 Å². The minimum atomic E-state index is -3.32. The number of nitrogens with two attached hydrogens (primary N) is 1. The average Bonchev–Trinajstić information content (AvgIpc) is 2.43. The molecule has 0 fully saturated rings. The number of rotatable bonds is 10. The van der Waals surface area contributed by atoms with E-state index in [0.29, 0.717) is 26.1 Å². The van der Waals surface area contributed by atoms with E-state index in [4.69, 9.17) is 10.5 Å². The molecule has 0 saturated heterocycles. The number of ether oxygens (including phenoxy) is 1. The molecule has 1 rings (SSSR count). The van der Waals surface area contributed by atoms with Crippen LogP contribution in [0.5, 0.6) is 0 Å². The second-order valence-corrected chi connectivity index (χ2v) is 7.25. The maximum absolute atomic E-state index is 12.3. The third-order valence-electron chi connectivity index (χ3n) is 3.06. The van der Waals surface area contributed by atoms with Crippen molar-refractivity contribution in [2.75, 3.05) is 32.0 Å². The largest absolute Gasteiger partial charge is 0.378 e. The van der Waals surface area contributed by atoms with Gasteiger partial charge in [0.1, 0.15) is 0 Å². The zero-order chi connectivity index (χ0) is 15.7. The van der Waals surface area contributed by atoms with Crippen LogP contribution in [0.2, 0.25) is 0 Å². The van der Waals surface area contributed by atoms with E-state index in [1.807, 2.05) is 44.2 Å². The van der Waals surface area contributed by atoms with Crippen LogP contribution < -0.4 is 5.73 Å². The number of halogens is 1. The summed E-state index contributed by atoms with van der Waals surface area (Å²) in [6.45, 7) is 5.10. The third-order valence-corrected chi connectivity index (χ3v) is 4.89. The van der Waals surface area contributed by atoms with Crippen molar-refractivity contribution >= 4 is 22.4 Å². The van der Waals surface area contributed by atoms with Crippen molar-refractivity contribution in [3.63, 3.8) is 0 Å². The zero-order valence-corrected chi connectivity index (χ0v) is 14.9. The molecule has 128 valence electrons.